The van der Waals surface area contributed by atoms with Crippen LogP contribution in [0.3, 0.4) is 0 Å². The molecule has 0 aliphatic heterocycles. The number of hydrogen-bond donors (Lipinski definition) is 2. The van der Waals surface area contributed by atoms with E-state index >= 15 is 0 Å². The van der Waals surface area contributed by atoms with E-state index in [1.165, 1.54) is 24.4 Å². The third-order valence-electron chi connectivity index (χ3n) is 3.07. The van der Waals surface area contributed by atoms with Crippen molar-refractivity contribution in [2.75, 3.05) is 4.72 Å². The highest BCUT2D eigenvalue weighted by atomic mass is 32.2. The average molecular weight is 309 g/mol. The molecule has 0 unspecified atom stereocenters. The number of aryl methyl sites for hydroxylation is 3. The van der Waals surface area contributed by atoms with Gasteiger partial charge in [0.2, 0.25) is 0 Å². The van der Waals surface area contributed by atoms with E-state index in [9.17, 15) is 13.2 Å². The predicted octanol–water partition coefficient (Wildman–Crippen LogP) is 1.54. The Balaban J connectivity index is 2.33. The average Bonchev–Trinajstić information content (AvgIpc) is 2.69. The van der Waals surface area contributed by atoms with Gasteiger partial charge in [-0.1, -0.05) is 0 Å². The standard InChI is InChI=1S/C13H15N3O4S/c1-8-6-10(4-5-11(8)13(17)18)15-21(19,20)12-7-16(3)9(2)14-12/h4-7,15H,1-3H3,(H,17,18). The molecule has 2 aromatic rings. The fourth-order valence-corrected chi connectivity index (χ4v) is 2.92. The van der Waals surface area contributed by atoms with E-state index in [2.05, 4.69) is 9.71 Å². The van der Waals surface area contributed by atoms with Gasteiger partial charge in [-0.3, -0.25) is 4.72 Å². The van der Waals surface area contributed by atoms with Crippen LogP contribution in [-0.4, -0.2) is 29.0 Å². The first-order valence-electron chi connectivity index (χ1n) is 6.07. The Bertz CT molecular complexity index is 789. The fraction of sp³-hybridized carbons (Fsp3) is 0.231. The zero-order chi connectivity index (χ0) is 15.8. The Morgan fingerprint density at radius 1 is 1.33 bits per heavy atom. The first-order valence-corrected chi connectivity index (χ1v) is 7.56. The SMILES string of the molecule is Cc1cc(NS(=O)(=O)c2cn(C)c(C)n2)ccc1C(=O)O. The lowest BCUT2D eigenvalue weighted by Crippen LogP contribution is -2.14. The van der Waals surface area contributed by atoms with Gasteiger partial charge in [0.05, 0.1) is 5.56 Å². The molecular formula is C13H15N3O4S. The molecule has 112 valence electrons. The van der Waals surface area contributed by atoms with Gasteiger partial charge < -0.3 is 9.67 Å². The summed E-state index contributed by atoms with van der Waals surface area (Å²) in [5.41, 5.74) is 0.896. The number of rotatable bonds is 4. The highest BCUT2D eigenvalue weighted by Crippen LogP contribution is 2.19. The van der Waals surface area contributed by atoms with Gasteiger partial charge in [-0.2, -0.15) is 8.42 Å². The molecule has 0 aliphatic rings. The Labute approximate surface area is 122 Å². The summed E-state index contributed by atoms with van der Waals surface area (Å²) in [6.07, 6.45) is 1.41. The second-order valence-corrected chi connectivity index (χ2v) is 6.31. The summed E-state index contributed by atoms with van der Waals surface area (Å²) in [6, 6.07) is 4.24. The molecule has 7 nitrogen and oxygen atoms in total. The van der Waals surface area contributed by atoms with Crippen molar-refractivity contribution < 1.29 is 18.3 Å². The van der Waals surface area contributed by atoms with Crippen LogP contribution in [0.4, 0.5) is 5.69 Å². The molecule has 0 aliphatic carbocycles. The molecule has 0 bridgehead atoms. The number of nitrogens with one attached hydrogen (secondary N) is 1. The van der Waals surface area contributed by atoms with Crippen molar-refractivity contribution in [3.63, 3.8) is 0 Å². The lowest BCUT2D eigenvalue weighted by molar-refractivity contribution is 0.0696. The normalized spacial score (nSPS) is 11.4. The Morgan fingerprint density at radius 3 is 2.48 bits per heavy atom. The Hall–Kier alpha value is -2.35. The van der Waals surface area contributed by atoms with Gasteiger partial charge in [0.15, 0.2) is 5.03 Å². The van der Waals surface area contributed by atoms with Crippen molar-refractivity contribution in [1.29, 1.82) is 0 Å². The number of imidazole rings is 1. The monoisotopic (exact) mass is 309 g/mol. The number of benzene rings is 1. The van der Waals surface area contributed by atoms with Crippen LogP contribution in [0.2, 0.25) is 0 Å². The van der Waals surface area contributed by atoms with Crippen molar-refractivity contribution in [3.05, 3.63) is 41.3 Å². The van der Waals surface area contributed by atoms with Crippen LogP contribution < -0.4 is 4.72 Å². The number of hydrogen-bond acceptors (Lipinski definition) is 4. The molecule has 1 aromatic heterocycles. The minimum absolute atomic E-state index is 0.0811. The predicted molar refractivity (Wildman–Crippen MR) is 76.9 cm³/mol. The van der Waals surface area contributed by atoms with E-state index in [-0.39, 0.29) is 10.6 Å². The Morgan fingerprint density at radius 2 is 2.00 bits per heavy atom. The molecule has 0 amide bonds. The molecule has 0 radical (unpaired) electrons. The van der Waals surface area contributed by atoms with E-state index in [0.717, 1.165) is 0 Å². The van der Waals surface area contributed by atoms with Crippen LogP contribution in [0.25, 0.3) is 0 Å². The van der Waals surface area contributed by atoms with Gasteiger partial charge in [-0.15, -0.1) is 0 Å². The second kappa shape index (κ2) is 5.21. The Kier molecular flexibility index (Phi) is 3.73. The summed E-state index contributed by atoms with van der Waals surface area (Å²) in [4.78, 5) is 14.9. The summed E-state index contributed by atoms with van der Waals surface area (Å²) < 4.78 is 28.4. The van der Waals surface area contributed by atoms with E-state index in [1.54, 1.807) is 25.5 Å². The van der Waals surface area contributed by atoms with Crippen molar-refractivity contribution in [2.24, 2.45) is 7.05 Å². The minimum Gasteiger partial charge on any atom is -0.478 e. The number of carbonyl (C=O) groups is 1. The number of sulfonamides is 1. The zero-order valence-corrected chi connectivity index (χ0v) is 12.6. The molecule has 1 aromatic carbocycles. The maximum absolute atomic E-state index is 12.2. The molecule has 8 heteroatoms. The maximum atomic E-state index is 12.2. The first kappa shape index (κ1) is 15.0. The zero-order valence-electron chi connectivity index (χ0n) is 11.8. The first-order chi connectivity index (χ1) is 9.70. The third kappa shape index (κ3) is 3.05. The third-order valence-corrected chi connectivity index (χ3v) is 4.32. The lowest BCUT2D eigenvalue weighted by Gasteiger charge is -2.08. The molecule has 0 atom stereocenters. The quantitative estimate of drug-likeness (QED) is 0.892. The highest BCUT2D eigenvalue weighted by molar-refractivity contribution is 7.92. The minimum atomic E-state index is -3.79. The molecule has 0 saturated carbocycles. The largest absolute Gasteiger partial charge is 0.478 e. The van der Waals surface area contributed by atoms with Crippen molar-refractivity contribution in [1.82, 2.24) is 9.55 Å². The topological polar surface area (TPSA) is 101 Å². The van der Waals surface area contributed by atoms with Gasteiger partial charge in [0.25, 0.3) is 10.0 Å². The van der Waals surface area contributed by atoms with E-state index in [4.69, 9.17) is 5.11 Å². The molecule has 0 spiro atoms. The summed E-state index contributed by atoms with van der Waals surface area (Å²) in [5, 5.41) is 8.87. The van der Waals surface area contributed by atoms with Gasteiger partial charge in [0, 0.05) is 18.9 Å². The summed E-state index contributed by atoms with van der Waals surface area (Å²) in [6.45, 7) is 3.30. The van der Waals surface area contributed by atoms with Gasteiger partial charge >= 0.3 is 5.97 Å². The summed E-state index contributed by atoms with van der Waals surface area (Å²) >= 11 is 0. The van der Waals surface area contributed by atoms with Crippen LogP contribution in [0.1, 0.15) is 21.7 Å². The van der Waals surface area contributed by atoms with Gasteiger partial charge in [0.1, 0.15) is 5.82 Å². The highest BCUT2D eigenvalue weighted by Gasteiger charge is 2.19. The van der Waals surface area contributed by atoms with Crippen LogP contribution in [0, 0.1) is 13.8 Å². The molecule has 2 N–H and O–H groups in total. The number of aromatic carboxylic acids is 1. The molecule has 2 rings (SSSR count). The molecular weight excluding hydrogens is 294 g/mol. The van der Waals surface area contributed by atoms with Crippen molar-refractivity contribution >= 4 is 21.7 Å². The van der Waals surface area contributed by atoms with Gasteiger partial charge in [-0.25, -0.2) is 9.78 Å². The van der Waals surface area contributed by atoms with E-state index < -0.39 is 16.0 Å². The van der Waals surface area contributed by atoms with Crippen LogP contribution in [-0.2, 0) is 17.1 Å². The van der Waals surface area contributed by atoms with Crippen LogP contribution in [0.5, 0.6) is 0 Å². The molecule has 21 heavy (non-hydrogen) atoms. The number of carboxylic acid groups (broad SMARTS) is 1. The molecule has 1 heterocycles. The number of nitrogens with zero attached hydrogens (tertiary/aromatic N) is 2. The summed E-state index contributed by atoms with van der Waals surface area (Å²) in [7, 11) is -2.09. The summed E-state index contributed by atoms with van der Waals surface area (Å²) in [5.74, 6) is -0.477. The number of anilines is 1. The van der Waals surface area contributed by atoms with Crippen LogP contribution in [0.15, 0.2) is 29.4 Å². The van der Waals surface area contributed by atoms with E-state index in [1.807, 2.05) is 0 Å². The second-order valence-electron chi connectivity index (χ2n) is 4.68. The smallest absolute Gasteiger partial charge is 0.335 e. The van der Waals surface area contributed by atoms with E-state index in [0.29, 0.717) is 17.1 Å². The van der Waals surface area contributed by atoms with Crippen molar-refractivity contribution in [3.8, 4) is 0 Å². The lowest BCUT2D eigenvalue weighted by atomic mass is 10.1. The number of carboxylic acids is 1. The van der Waals surface area contributed by atoms with Gasteiger partial charge in [-0.05, 0) is 37.6 Å². The van der Waals surface area contributed by atoms with Crippen molar-refractivity contribution in [2.45, 2.75) is 18.9 Å². The maximum Gasteiger partial charge on any atom is 0.335 e. The fourth-order valence-electron chi connectivity index (χ4n) is 1.83. The molecule has 0 saturated heterocycles. The number of aromatic nitrogens is 2. The molecule has 0 fully saturated rings. The van der Waals surface area contributed by atoms with Crippen LogP contribution >= 0.6 is 0 Å².